The molecule has 0 N–H and O–H groups in total. The summed E-state index contributed by atoms with van der Waals surface area (Å²) in [4.78, 5) is 47.2. The number of amides is 2. The number of benzene rings is 3. The molecule has 2 amide bonds. The summed E-state index contributed by atoms with van der Waals surface area (Å²) in [5, 5.41) is 22.4. The zero-order valence-corrected chi connectivity index (χ0v) is 21.1. The van der Waals surface area contributed by atoms with E-state index in [4.69, 9.17) is 9.47 Å². The molecule has 1 aliphatic rings. The second-order valence-electron chi connectivity index (χ2n) is 8.78. The minimum Gasteiger partial charge on any atom is -0.450 e. The molecule has 0 aliphatic carbocycles. The molecule has 0 bridgehead atoms. The number of nitrogens with zero attached hydrogens (tertiary/aromatic N) is 4. The average molecular weight is 540 g/mol. The van der Waals surface area contributed by atoms with Gasteiger partial charge in [-0.15, -0.1) is 0 Å². The molecule has 40 heavy (non-hydrogen) atoms. The van der Waals surface area contributed by atoms with Crippen molar-refractivity contribution in [3.05, 3.63) is 122 Å². The first-order chi connectivity index (χ1) is 19.1. The fourth-order valence-corrected chi connectivity index (χ4v) is 4.38. The molecule has 0 spiro atoms. The maximum Gasteiger partial charge on any atom is 0.427 e. The van der Waals surface area contributed by atoms with Gasteiger partial charge in [0.15, 0.2) is 5.76 Å². The van der Waals surface area contributed by atoms with Gasteiger partial charge in [0.2, 0.25) is 5.75 Å². The molecule has 1 fully saturated rings. The van der Waals surface area contributed by atoms with Crippen LogP contribution in [0.3, 0.4) is 0 Å². The third-order valence-corrected chi connectivity index (χ3v) is 6.24. The molecule has 12 nitrogen and oxygen atoms in total. The van der Waals surface area contributed by atoms with Gasteiger partial charge in [0.25, 0.3) is 5.69 Å². The number of nitro groups is 2. The lowest BCUT2D eigenvalue weighted by Crippen LogP contribution is -2.28. The second-order valence-corrected chi connectivity index (χ2v) is 8.78. The number of imide groups is 1. The third-order valence-electron chi connectivity index (χ3n) is 6.24. The molecule has 4 aromatic rings. The molecular formula is C28H20N4O8. The predicted octanol–water partition coefficient (Wildman–Crippen LogP) is 6.23. The first-order valence-corrected chi connectivity index (χ1v) is 11.9. The monoisotopic (exact) mass is 540 g/mol. The van der Waals surface area contributed by atoms with Crippen molar-refractivity contribution in [3.63, 3.8) is 0 Å². The number of non-ortho nitro benzene ring substituents is 1. The van der Waals surface area contributed by atoms with Crippen LogP contribution in [0.4, 0.5) is 21.9 Å². The number of aryl methyl sites for hydroxylation is 1. The van der Waals surface area contributed by atoms with Crippen LogP contribution in [0, 0.1) is 34.1 Å². The fourth-order valence-electron chi connectivity index (χ4n) is 4.38. The Labute approximate surface area is 226 Å². The van der Waals surface area contributed by atoms with E-state index in [0.29, 0.717) is 11.3 Å². The molecule has 0 unspecified atom stereocenters. The number of hydrogen-bond donors (Lipinski definition) is 0. The number of carbonyl (C=O) groups excluding carboxylic acids is 2. The SMILES string of the molecule is Cc1cc(C=C2OC(=O)N(c3ccccc3)C2=O)c(C)n1-c1ccc(Oc2ccc([N+](=O)[O-])cc2[N+](=O)[O-])cc1. The number of carbonyl (C=O) groups is 2. The molecule has 200 valence electrons. The van der Waals surface area contributed by atoms with Crippen molar-refractivity contribution in [2.45, 2.75) is 13.8 Å². The average Bonchev–Trinajstić information content (AvgIpc) is 3.37. The van der Waals surface area contributed by atoms with Crippen molar-refractivity contribution in [1.29, 1.82) is 0 Å². The molecule has 0 radical (unpaired) electrons. The van der Waals surface area contributed by atoms with Gasteiger partial charge in [-0.3, -0.25) is 25.0 Å². The van der Waals surface area contributed by atoms with E-state index >= 15 is 0 Å². The summed E-state index contributed by atoms with van der Waals surface area (Å²) in [6.45, 7) is 3.72. The number of nitro benzene ring substituents is 2. The Kier molecular flexibility index (Phi) is 6.58. The first kappa shape index (κ1) is 25.9. The van der Waals surface area contributed by atoms with E-state index in [2.05, 4.69) is 0 Å². The number of para-hydroxylation sites is 1. The molecular weight excluding hydrogens is 520 g/mol. The second kappa shape index (κ2) is 10.2. The molecule has 3 aromatic carbocycles. The largest absolute Gasteiger partial charge is 0.450 e. The maximum absolute atomic E-state index is 12.9. The van der Waals surface area contributed by atoms with Crippen molar-refractivity contribution in [3.8, 4) is 17.2 Å². The van der Waals surface area contributed by atoms with Crippen molar-refractivity contribution in [2.75, 3.05) is 4.90 Å². The highest BCUT2D eigenvalue weighted by atomic mass is 16.6. The van der Waals surface area contributed by atoms with Gasteiger partial charge in [-0.1, -0.05) is 18.2 Å². The summed E-state index contributed by atoms with van der Waals surface area (Å²) in [7, 11) is 0. The van der Waals surface area contributed by atoms with E-state index in [9.17, 15) is 29.8 Å². The van der Waals surface area contributed by atoms with E-state index in [1.807, 2.05) is 24.5 Å². The van der Waals surface area contributed by atoms with Crippen LogP contribution in [0.15, 0.2) is 84.6 Å². The minimum atomic E-state index is -0.778. The van der Waals surface area contributed by atoms with Crippen molar-refractivity contribution < 1.29 is 28.9 Å². The van der Waals surface area contributed by atoms with Crippen molar-refractivity contribution >= 4 is 35.1 Å². The summed E-state index contributed by atoms with van der Waals surface area (Å²) < 4.78 is 12.8. The van der Waals surface area contributed by atoms with E-state index in [1.54, 1.807) is 54.6 Å². The van der Waals surface area contributed by atoms with Crippen LogP contribution in [0.5, 0.6) is 11.5 Å². The fraction of sp³-hybridized carbons (Fsp3) is 0.0714. The van der Waals surface area contributed by atoms with Crippen molar-refractivity contribution in [1.82, 2.24) is 4.57 Å². The van der Waals surface area contributed by atoms with Gasteiger partial charge in [-0.2, -0.15) is 0 Å². The molecule has 0 saturated carbocycles. The Bertz CT molecular complexity index is 1710. The highest BCUT2D eigenvalue weighted by molar-refractivity contribution is 6.24. The number of anilines is 1. The number of aromatic nitrogens is 1. The Balaban J connectivity index is 1.39. The minimum absolute atomic E-state index is 0.0949. The van der Waals surface area contributed by atoms with Crippen molar-refractivity contribution in [2.24, 2.45) is 0 Å². The van der Waals surface area contributed by atoms with E-state index in [1.165, 1.54) is 12.1 Å². The van der Waals surface area contributed by atoms with Crippen LogP contribution in [0.25, 0.3) is 11.8 Å². The van der Waals surface area contributed by atoms with Gasteiger partial charge < -0.3 is 14.0 Å². The Morgan fingerprint density at radius 1 is 0.850 bits per heavy atom. The van der Waals surface area contributed by atoms with Gasteiger partial charge in [0, 0.05) is 23.1 Å². The van der Waals surface area contributed by atoms with Crippen LogP contribution in [-0.4, -0.2) is 26.4 Å². The summed E-state index contributed by atoms with van der Waals surface area (Å²) >= 11 is 0. The standard InChI is InChI=1S/C28H20N4O8/c1-17-14-19(15-26-27(33)30(28(34)40-26)20-6-4-3-5-7-20)18(2)29(17)21-8-11-23(12-9-21)39-25-13-10-22(31(35)36)16-24(25)32(37)38/h3-16H,1-2H3. The van der Waals surface area contributed by atoms with Crippen LogP contribution in [0.2, 0.25) is 0 Å². The zero-order chi connectivity index (χ0) is 28.6. The number of hydrogen-bond acceptors (Lipinski definition) is 8. The van der Waals surface area contributed by atoms with Crippen LogP contribution in [0.1, 0.15) is 17.0 Å². The lowest BCUT2D eigenvalue weighted by atomic mass is 10.2. The molecule has 0 atom stereocenters. The number of ether oxygens (including phenoxy) is 2. The van der Waals surface area contributed by atoms with Gasteiger partial charge in [0.1, 0.15) is 5.75 Å². The zero-order valence-electron chi connectivity index (χ0n) is 21.1. The van der Waals surface area contributed by atoms with Gasteiger partial charge in [0.05, 0.1) is 21.6 Å². The lowest BCUT2D eigenvalue weighted by molar-refractivity contribution is -0.394. The Morgan fingerprint density at radius 2 is 1.55 bits per heavy atom. The summed E-state index contributed by atoms with van der Waals surface area (Å²) in [6, 6.07) is 20.2. The van der Waals surface area contributed by atoms with Gasteiger partial charge in [-0.25, -0.2) is 9.69 Å². The van der Waals surface area contributed by atoms with Crippen LogP contribution in [-0.2, 0) is 9.53 Å². The summed E-state index contributed by atoms with van der Waals surface area (Å²) in [5.74, 6) is -0.508. The number of rotatable bonds is 7. The molecule has 1 aromatic heterocycles. The van der Waals surface area contributed by atoms with E-state index < -0.39 is 33.2 Å². The summed E-state index contributed by atoms with van der Waals surface area (Å²) in [6.07, 6.45) is 0.743. The maximum atomic E-state index is 12.9. The van der Waals surface area contributed by atoms with Gasteiger partial charge >= 0.3 is 17.7 Å². The number of cyclic esters (lactones) is 1. The molecule has 2 heterocycles. The van der Waals surface area contributed by atoms with Gasteiger partial charge in [-0.05, 0) is 74.0 Å². The molecule has 5 rings (SSSR count). The van der Waals surface area contributed by atoms with Crippen LogP contribution >= 0.6 is 0 Å². The highest BCUT2D eigenvalue weighted by Crippen LogP contribution is 2.35. The Hall–Kier alpha value is -5.78. The summed E-state index contributed by atoms with van der Waals surface area (Å²) in [5.41, 5.74) is 2.48. The highest BCUT2D eigenvalue weighted by Gasteiger charge is 2.38. The molecule has 1 saturated heterocycles. The lowest BCUT2D eigenvalue weighted by Gasteiger charge is -2.11. The Morgan fingerprint density at radius 3 is 2.20 bits per heavy atom. The van der Waals surface area contributed by atoms with E-state index in [0.717, 1.165) is 34.1 Å². The van der Waals surface area contributed by atoms with Crippen LogP contribution < -0.4 is 9.64 Å². The molecule has 12 heteroatoms. The predicted molar refractivity (Wildman–Crippen MR) is 143 cm³/mol. The third kappa shape index (κ3) is 4.76. The van der Waals surface area contributed by atoms with E-state index in [-0.39, 0.29) is 17.3 Å². The smallest absolute Gasteiger partial charge is 0.427 e. The molecule has 1 aliphatic heterocycles. The normalized spacial score (nSPS) is 13.9. The topological polar surface area (TPSA) is 147 Å². The first-order valence-electron chi connectivity index (χ1n) is 11.9. The quantitative estimate of drug-likeness (QED) is 0.152.